The average molecular weight is 251 g/mol. The van der Waals surface area contributed by atoms with Crippen molar-refractivity contribution >= 4 is 0 Å². The first-order valence-corrected chi connectivity index (χ1v) is 6.77. The van der Waals surface area contributed by atoms with Crippen molar-refractivity contribution in [3.05, 3.63) is 35.9 Å². The van der Waals surface area contributed by atoms with Crippen LogP contribution in [0.15, 0.2) is 30.3 Å². The van der Waals surface area contributed by atoms with Gasteiger partial charge in [0.05, 0.1) is 6.54 Å². The highest BCUT2D eigenvalue weighted by Crippen LogP contribution is 2.60. The highest BCUT2D eigenvalue weighted by atomic mass is 19.3. The maximum absolute atomic E-state index is 13.9. The SMILES string of the molecule is FC(F)(CNCC1(C2CC2)CC1)c1ccccc1. The van der Waals surface area contributed by atoms with Gasteiger partial charge in [0.2, 0.25) is 0 Å². The summed E-state index contributed by atoms with van der Waals surface area (Å²) in [5.41, 5.74) is 0.487. The van der Waals surface area contributed by atoms with Gasteiger partial charge in [0, 0.05) is 12.1 Å². The van der Waals surface area contributed by atoms with Crippen molar-refractivity contribution in [2.75, 3.05) is 13.1 Å². The minimum atomic E-state index is -2.76. The molecule has 18 heavy (non-hydrogen) atoms. The Morgan fingerprint density at radius 2 is 1.83 bits per heavy atom. The first-order valence-electron chi connectivity index (χ1n) is 6.77. The summed E-state index contributed by atoms with van der Waals surface area (Å²) in [7, 11) is 0. The average Bonchev–Trinajstić information content (AvgIpc) is 3.23. The molecule has 0 spiro atoms. The van der Waals surface area contributed by atoms with Crippen molar-refractivity contribution in [2.24, 2.45) is 11.3 Å². The molecule has 0 heterocycles. The number of halogens is 2. The fraction of sp³-hybridized carbons (Fsp3) is 0.600. The summed E-state index contributed by atoms with van der Waals surface area (Å²) >= 11 is 0. The van der Waals surface area contributed by atoms with E-state index in [9.17, 15) is 8.78 Å². The standard InChI is InChI=1S/C15H19F2N/c16-15(17,13-4-2-1-3-5-13)11-18-10-14(8-9-14)12-6-7-12/h1-5,12,18H,6-11H2. The smallest absolute Gasteiger partial charge is 0.285 e. The summed E-state index contributed by atoms with van der Waals surface area (Å²) in [4.78, 5) is 0. The van der Waals surface area contributed by atoms with Gasteiger partial charge in [-0.15, -0.1) is 0 Å². The van der Waals surface area contributed by atoms with Crippen molar-refractivity contribution in [2.45, 2.75) is 31.6 Å². The van der Waals surface area contributed by atoms with Crippen LogP contribution in [-0.2, 0) is 5.92 Å². The number of benzene rings is 1. The van der Waals surface area contributed by atoms with Gasteiger partial charge in [-0.1, -0.05) is 30.3 Å². The van der Waals surface area contributed by atoms with Gasteiger partial charge in [0.15, 0.2) is 0 Å². The van der Waals surface area contributed by atoms with Gasteiger partial charge in [-0.05, 0) is 37.0 Å². The minimum absolute atomic E-state index is 0.105. The second-order valence-electron chi connectivity index (χ2n) is 5.81. The Hall–Kier alpha value is -0.960. The predicted molar refractivity (Wildman–Crippen MR) is 67.6 cm³/mol. The summed E-state index contributed by atoms with van der Waals surface area (Å²) in [6.45, 7) is 0.519. The third-order valence-electron chi connectivity index (χ3n) is 4.36. The third-order valence-corrected chi connectivity index (χ3v) is 4.36. The van der Waals surface area contributed by atoms with Crippen LogP contribution in [-0.4, -0.2) is 13.1 Å². The maximum Gasteiger partial charge on any atom is 0.285 e. The van der Waals surface area contributed by atoms with Crippen molar-refractivity contribution in [3.63, 3.8) is 0 Å². The first-order chi connectivity index (χ1) is 8.62. The molecule has 2 aliphatic rings. The monoisotopic (exact) mass is 251 g/mol. The number of alkyl halides is 2. The molecule has 0 radical (unpaired) electrons. The third kappa shape index (κ3) is 2.41. The molecular formula is C15H19F2N. The normalized spacial score (nSPS) is 21.9. The van der Waals surface area contributed by atoms with E-state index in [4.69, 9.17) is 0 Å². The molecule has 98 valence electrons. The van der Waals surface area contributed by atoms with Gasteiger partial charge < -0.3 is 5.32 Å². The van der Waals surface area contributed by atoms with E-state index in [2.05, 4.69) is 5.32 Å². The molecule has 0 aliphatic heterocycles. The Kier molecular flexibility index (Phi) is 2.89. The van der Waals surface area contributed by atoms with E-state index in [1.54, 1.807) is 18.2 Å². The summed E-state index contributed by atoms with van der Waals surface area (Å²) < 4.78 is 27.8. The summed E-state index contributed by atoms with van der Waals surface area (Å²) in [6.07, 6.45) is 5.05. The molecule has 2 fully saturated rings. The van der Waals surface area contributed by atoms with Crippen LogP contribution >= 0.6 is 0 Å². The van der Waals surface area contributed by atoms with Crippen LogP contribution in [0.1, 0.15) is 31.2 Å². The minimum Gasteiger partial charge on any atom is -0.310 e. The van der Waals surface area contributed by atoms with Crippen LogP contribution in [0.4, 0.5) is 8.78 Å². The van der Waals surface area contributed by atoms with E-state index in [0.29, 0.717) is 5.41 Å². The fourth-order valence-electron chi connectivity index (χ4n) is 2.84. The van der Waals surface area contributed by atoms with Crippen LogP contribution in [0.3, 0.4) is 0 Å². The van der Waals surface area contributed by atoms with E-state index in [0.717, 1.165) is 12.5 Å². The molecule has 1 N–H and O–H groups in total. The van der Waals surface area contributed by atoms with E-state index in [1.165, 1.54) is 37.8 Å². The quantitative estimate of drug-likeness (QED) is 0.815. The Morgan fingerprint density at radius 3 is 2.39 bits per heavy atom. The summed E-state index contributed by atoms with van der Waals surface area (Å²) in [5, 5.41) is 3.00. The molecule has 0 aromatic heterocycles. The summed E-state index contributed by atoms with van der Waals surface area (Å²) in [6, 6.07) is 8.08. The second-order valence-corrected chi connectivity index (χ2v) is 5.81. The van der Waals surface area contributed by atoms with E-state index >= 15 is 0 Å². The van der Waals surface area contributed by atoms with Gasteiger partial charge in [-0.2, -0.15) is 8.78 Å². The highest BCUT2D eigenvalue weighted by Gasteiger charge is 2.53. The molecule has 1 aromatic rings. The van der Waals surface area contributed by atoms with E-state index < -0.39 is 5.92 Å². The van der Waals surface area contributed by atoms with E-state index in [-0.39, 0.29) is 12.1 Å². The molecule has 0 saturated heterocycles. The molecule has 3 heteroatoms. The largest absolute Gasteiger partial charge is 0.310 e. The van der Waals surface area contributed by atoms with Crippen LogP contribution in [0.25, 0.3) is 0 Å². The lowest BCUT2D eigenvalue weighted by atomic mass is 10.0. The van der Waals surface area contributed by atoms with Crippen molar-refractivity contribution in [1.82, 2.24) is 5.32 Å². The van der Waals surface area contributed by atoms with Crippen molar-refractivity contribution < 1.29 is 8.78 Å². The van der Waals surface area contributed by atoms with Crippen molar-refractivity contribution in [1.29, 1.82) is 0 Å². The second kappa shape index (κ2) is 4.30. The molecule has 0 amide bonds. The lowest BCUT2D eigenvalue weighted by molar-refractivity contribution is -0.00431. The van der Waals surface area contributed by atoms with Crippen molar-refractivity contribution in [3.8, 4) is 0 Å². The van der Waals surface area contributed by atoms with Crippen LogP contribution in [0, 0.1) is 11.3 Å². The van der Waals surface area contributed by atoms with Gasteiger partial charge in [-0.3, -0.25) is 0 Å². The molecule has 1 aromatic carbocycles. The molecule has 2 saturated carbocycles. The maximum atomic E-state index is 13.9. The van der Waals surface area contributed by atoms with E-state index in [1.807, 2.05) is 0 Å². The Morgan fingerprint density at radius 1 is 1.17 bits per heavy atom. The molecule has 3 rings (SSSR count). The lowest BCUT2D eigenvalue weighted by Gasteiger charge is -2.20. The van der Waals surface area contributed by atoms with Gasteiger partial charge in [0.1, 0.15) is 0 Å². The molecular weight excluding hydrogens is 232 g/mol. The topological polar surface area (TPSA) is 12.0 Å². The van der Waals surface area contributed by atoms with Gasteiger partial charge in [0.25, 0.3) is 5.92 Å². The Bertz CT molecular complexity index is 408. The zero-order valence-corrected chi connectivity index (χ0v) is 10.5. The molecule has 1 nitrogen and oxygen atoms in total. The highest BCUT2D eigenvalue weighted by molar-refractivity contribution is 5.20. The summed E-state index contributed by atoms with van der Waals surface area (Å²) in [5.74, 6) is -1.95. The Balaban J connectivity index is 1.53. The van der Waals surface area contributed by atoms with Crippen LogP contribution < -0.4 is 5.32 Å². The molecule has 0 bridgehead atoms. The number of hydrogen-bond donors (Lipinski definition) is 1. The van der Waals surface area contributed by atoms with Crippen LogP contribution in [0.5, 0.6) is 0 Å². The van der Waals surface area contributed by atoms with Gasteiger partial charge in [-0.25, -0.2) is 0 Å². The molecule has 0 unspecified atom stereocenters. The molecule has 0 atom stereocenters. The Labute approximate surface area is 107 Å². The predicted octanol–water partition coefficient (Wildman–Crippen LogP) is 3.56. The van der Waals surface area contributed by atoms with Gasteiger partial charge >= 0.3 is 0 Å². The number of nitrogens with one attached hydrogen (secondary N) is 1. The van der Waals surface area contributed by atoms with Crippen LogP contribution in [0.2, 0.25) is 0 Å². The number of hydrogen-bond acceptors (Lipinski definition) is 1. The first kappa shape index (κ1) is 12.1. The lowest BCUT2D eigenvalue weighted by Crippen LogP contribution is -2.35. The zero-order valence-electron chi connectivity index (χ0n) is 10.5. The number of rotatable bonds is 6. The zero-order chi connectivity index (χ0) is 12.6. The fourth-order valence-corrected chi connectivity index (χ4v) is 2.84. The molecule has 2 aliphatic carbocycles.